The molecule has 1 fully saturated rings. The molecule has 0 spiro atoms. The van der Waals surface area contributed by atoms with Gasteiger partial charge in [-0.2, -0.15) is 0 Å². The molecule has 8 heteroatoms. The molecule has 0 bridgehead atoms. The maximum Gasteiger partial charge on any atom is 0.179 e. The Kier molecular flexibility index (Phi) is 6.04. The van der Waals surface area contributed by atoms with Crippen molar-refractivity contribution in [2.75, 3.05) is 23.1 Å². The monoisotopic (exact) mass is 418 g/mol. The van der Waals surface area contributed by atoms with E-state index in [2.05, 4.69) is 38.3 Å². The summed E-state index contributed by atoms with van der Waals surface area (Å²) in [4.78, 5) is 2.80. The first kappa shape index (κ1) is 19.1. The van der Waals surface area contributed by atoms with Crippen LogP contribution in [0.3, 0.4) is 0 Å². The van der Waals surface area contributed by atoms with Crippen molar-refractivity contribution in [3.8, 4) is 0 Å². The van der Waals surface area contributed by atoms with Gasteiger partial charge in [0.25, 0.3) is 0 Å². The zero-order chi connectivity index (χ0) is 19.3. The summed E-state index contributed by atoms with van der Waals surface area (Å²) in [6, 6.07) is 13.0. The summed E-state index contributed by atoms with van der Waals surface area (Å²) in [6.07, 6.45) is 2.71. The van der Waals surface area contributed by atoms with Crippen LogP contribution in [-0.2, 0) is 13.1 Å². The van der Waals surface area contributed by atoms with Gasteiger partial charge in [0.2, 0.25) is 0 Å². The Bertz CT molecular complexity index is 934. The molecule has 0 unspecified atom stereocenters. The zero-order valence-electron chi connectivity index (χ0n) is 15.1. The molecular formula is C20H20ClFN4OS. The summed E-state index contributed by atoms with van der Waals surface area (Å²) in [7, 11) is 0. The number of nitrogens with zero attached hydrogens (tertiary/aromatic N) is 2. The molecule has 5 nitrogen and oxygen atoms in total. The highest BCUT2D eigenvalue weighted by atomic mass is 35.5. The minimum absolute atomic E-state index is 0.359. The zero-order valence-corrected chi connectivity index (χ0v) is 16.7. The van der Waals surface area contributed by atoms with Crippen molar-refractivity contribution in [2.24, 2.45) is 0 Å². The number of anilines is 2. The van der Waals surface area contributed by atoms with Crippen LogP contribution in [0.5, 0.6) is 0 Å². The predicted octanol–water partition coefficient (Wildman–Crippen LogP) is 5.40. The Morgan fingerprint density at radius 1 is 1.18 bits per heavy atom. The number of hydrogen-bond acceptors (Lipinski definition) is 6. The van der Waals surface area contributed by atoms with Gasteiger partial charge in [-0.1, -0.05) is 41.0 Å². The number of benzene rings is 2. The van der Waals surface area contributed by atoms with Gasteiger partial charge in [-0.25, -0.2) is 4.39 Å². The fraction of sp³-hybridized carbons (Fsp3) is 0.250. The minimum atomic E-state index is -0.359. The number of nitrogens with one attached hydrogen (secondary N) is 2. The molecule has 0 atom stereocenters. The highest BCUT2D eigenvalue weighted by Gasteiger charge is 2.16. The second-order valence-electron chi connectivity index (χ2n) is 6.60. The Morgan fingerprint density at radius 2 is 2.00 bits per heavy atom. The van der Waals surface area contributed by atoms with E-state index in [1.165, 1.54) is 29.9 Å². The van der Waals surface area contributed by atoms with Gasteiger partial charge in [0.15, 0.2) is 5.82 Å². The molecule has 1 aliphatic rings. The first-order valence-electron chi connectivity index (χ1n) is 9.04. The fourth-order valence-corrected chi connectivity index (χ4v) is 3.92. The lowest BCUT2D eigenvalue weighted by Gasteiger charge is -2.31. The van der Waals surface area contributed by atoms with E-state index in [4.69, 9.17) is 16.1 Å². The molecule has 0 radical (unpaired) electrons. The Morgan fingerprint density at radius 3 is 2.71 bits per heavy atom. The van der Waals surface area contributed by atoms with Crippen molar-refractivity contribution >= 4 is 35.1 Å². The number of hydrogen-bond donors (Lipinski definition) is 2. The van der Waals surface area contributed by atoms with Gasteiger partial charge in [-0.3, -0.25) is 4.90 Å². The van der Waals surface area contributed by atoms with Gasteiger partial charge in [0.1, 0.15) is 12.1 Å². The maximum atomic E-state index is 14.5. The van der Waals surface area contributed by atoms with Crippen LogP contribution in [0.25, 0.3) is 0 Å². The first-order chi connectivity index (χ1) is 13.7. The van der Waals surface area contributed by atoms with Crippen molar-refractivity contribution in [2.45, 2.75) is 24.4 Å². The number of likely N-dealkylation sites (tertiary alicyclic amines) is 1. The quantitative estimate of drug-likeness (QED) is 0.477. The molecule has 0 saturated carbocycles. The first-order valence-corrected chi connectivity index (χ1v) is 10.2. The molecule has 1 aromatic heterocycles. The summed E-state index contributed by atoms with van der Waals surface area (Å²) < 4.78 is 22.1. The molecule has 2 N–H and O–H groups in total. The molecule has 1 aliphatic heterocycles. The van der Waals surface area contributed by atoms with Crippen molar-refractivity contribution in [1.82, 2.24) is 10.1 Å². The smallest absolute Gasteiger partial charge is 0.179 e. The molecule has 0 aliphatic carbocycles. The molecule has 1 saturated heterocycles. The maximum absolute atomic E-state index is 14.5. The molecular weight excluding hydrogens is 399 g/mol. The predicted molar refractivity (Wildman–Crippen MR) is 111 cm³/mol. The Hall–Kier alpha value is -2.22. The van der Waals surface area contributed by atoms with Gasteiger partial charge in [0.05, 0.1) is 15.6 Å². The van der Waals surface area contributed by atoms with Crippen molar-refractivity contribution in [3.63, 3.8) is 0 Å². The third-order valence-electron chi connectivity index (χ3n) is 4.66. The van der Waals surface area contributed by atoms with Crippen molar-refractivity contribution < 1.29 is 8.91 Å². The molecule has 4 rings (SSSR count). The lowest BCUT2D eigenvalue weighted by atomic mass is 10.1. The van der Waals surface area contributed by atoms with Gasteiger partial charge in [-0.15, -0.1) is 0 Å². The normalized spacial score (nSPS) is 13.9. The van der Waals surface area contributed by atoms with E-state index < -0.39 is 0 Å². The number of aromatic nitrogens is 1. The third-order valence-corrected chi connectivity index (χ3v) is 5.81. The van der Waals surface area contributed by atoms with E-state index in [0.29, 0.717) is 28.0 Å². The van der Waals surface area contributed by atoms with E-state index >= 15 is 0 Å². The summed E-state index contributed by atoms with van der Waals surface area (Å²) in [6.45, 7) is 3.84. The second-order valence-corrected chi connectivity index (χ2v) is 7.86. The molecule has 28 heavy (non-hydrogen) atoms. The largest absolute Gasteiger partial charge is 0.380 e. The van der Waals surface area contributed by atoms with Crippen LogP contribution < -0.4 is 10.0 Å². The molecule has 146 valence electrons. The molecule has 0 amide bonds. The van der Waals surface area contributed by atoms with Gasteiger partial charge >= 0.3 is 0 Å². The minimum Gasteiger partial charge on any atom is -0.380 e. The summed E-state index contributed by atoms with van der Waals surface area (Å²) >= 11 is 7.47. The molecule has 3 aromatic rings. The van der Waals surface area contributed by atoms with Crippen LogP contribution >= 0.6 is 23.5 Å². The van der Waals surface area contributed by atoms with Crippen LogP contribution in [0.1, 0.15) is 17.5 Å². The van der Waals surface area contributed by atoms with Gasteiger partial charge in [0, 0.05) is 19.2 Å². The lowest BCUT2D eigenvalue weighted by Crippen LogP contribution is -2.36. The third kappa shape index (κ3) is 4.60. The SMILES string of the molecule is Fc1cc(NCc2ccccc2CN2CCC2)c(Cl)cc1SNc1ccon1. The topological polar surface area (TPSA) is 53.3 Å². The van der Waals surface area contributed by atoms with E-state index in [-0.39, 0.29) is 5.82 Å². The van der Waals surface area contributed by atoms with Crippen LogP contribution in [-0.4, -0.2) is 23.1 Å². The van der Waals surface area contributed by atoms with Crippen molar-refractivity contribution in [3.05, 3.63) is 70.7 Å². The summed E-state index contributed by atoms with van der Waals surface area (Å²) in [5.41, 5.74) is 3.05. The van der Waals surface area contributed by atoms with Crippen LogP contribution in [0.2, 0.25) is 5.02 Å². The second kappa shape index (κ2) is 8.86. The van der Waals surface area contributed by atoms with Gasteiger partial charge < -0.3 is 14.6 Å². The number of halogens is 2. The summed E-state index contributed by atoms with van der Waals surface area (Å²) in [5.74, 6) is 0.156. The van der Waals surface area contributed by atoms with Crippen LogP contribution in [0, 0.1) is 5.82 Å². The van der Waals surface area contributed by atoms with Crippen molar-refractivity contribution in [1.29, 1.82) is 0 Å². The Balaban J connectivity index is 1.41. The Labute approximate surface area is 172 Å². The van der Waals surface area contributed by atoms with E-state index in [1.807, 2.05) is 6.07 Å². The summed E-state index contributed by atoms with van der Waals surface area (Å²) in [5, 5.41) is 7.46. The van der Waals surface area contributed by atoms with Gasteiger partial charge in [-0.05, 0) is 54.7 Å². The fourth-order valence-electron chi connectivity index (χ4n) is 2.97. The average molecular weight is 419 g/mol. The van der Waals surface area contributed by atoms with E-state index in [0.717, 1.165) is 31.6 Å². The average Bonchev–Trinajstić information content (AvgIpc) is 3.18. The molecule has 2 aromatic carbocycles. The van der Waals surface area contributed by atoms with E-state index in [1.54, 1.807) is 12.1 Å². The standard InChI is InChI=1S/C20H20ClFN4OS/c21-16-10-19(28-25-20-6-9-27-24-20)17(22)11-18(16)23-12-14-4-1-2-5-15(14)13-26-7-3-8-26/h1-2,4-6,9-11,23H,3,7-8,12-13H2,(H,24,25). The van der Waals surface area contributed by atoms with E-state index in [9.17, 15) is 4.39 Å². The van der Waals surface area contributed by atoms with Crippen LogP contribution in [0.15, 0.2) is 58.1 Å². The highest BCUT2D eigenvalue weighted by Crippen LogP contribution is 2.32. The number of rotatable bonds is 8. The molecule has 2 heterocycles. The van der Waals surface area contributed by atoms with Crippen LogP contribution in [0.4, 0.5) is 15.9 Å². The lowest BCUT2D eigenvalue weighted by molar-refractivity contribution is 0.172. The highest BCUT2D eigenvalue weighted by molar-refractivity contribution is 8.00.